The van der Waals surface area contributed by atoms with Crippen molar-refractivity contribution in [2.45, 2.75) is 38.1 Å². The highest BCUT2D eigenvalue weighted by molar-refractivity contribution is 6.30. The Kier molecular flexibility index (Phi) is 6.28. The number of carboxylic acids is 1. The molecule has 1 aliphatic carbocycles. The van der Waals surface area contributed by atoms with Crippen LogP contribution in [0, 0.1) is 5.92 Å². The number of carbonyl (C=O) groups is 2. The fourth-order valence-corrected chi connectivity index (χ4v) is 3.40. The van der Waals surface area contributed by atoms with Crippen LogP contribution in [0.3, 0.4) is 0 Å². The number of benzene rings is 1. The maximum Gasteiger partial charge on any atom is 0.317 e. The summed E-state index contributed by atoms with van der Waals surface area (Å²) >= 11 is 5.97. The van der Waals surface area contributed by atoms with Gasteiger partial charge in [0, 0.05) is 18.6 Å². The number of hydrogen-bond acceptors (Lipinski definition) is 2. The first-order valence-corrected chi connectivity index (χ1v) is 8.34. The fraction of sp³-hybridized carbons (Fsp3) is 0.529. The van der Waals surface area contributed by atoms with Crippen LogP contribution in [-0.2, 0) is 4.79 Å². The van der Waals surface area contributed by atoms with Gasteiger partial charge in [0.25, 0.3) is 0 Å². The number of nitrogens with one attached hydrogen (secondary N) is 1. The fourth-order valence-electron chi connectivity index (χ4n) is 3.27. The third-order valence-electron chi connectivity index (χ3n) is 4.41. The van der Waals surface area contributed by atoms with Gasteiger partial charge in [-0.2, -0.15) is 0 Å². The van der Waals surface area contributed by atoms with Crippen LogP contribution >= 0.6 is 11.6 Å². The van der Waals surface area contributed by atoms with Crippen LogP contribution in [0.25, 0.3) is 0 Å². The van der Waals surface area contributed by atoms with Gasteiger partial charge in [0.2, 0.25) is 0 Å². The SMILES string of the molecule is CN(C(=O)NCCC(=O)O)C(c1ccc(Cl)cc1)C1CCCC1. The average Bonchev–Trinajstić information content (AvgIpc) is 3.03. The van der Waals surface area contributed by atoms with Gasteiger partial charge >= 0.3 is 12.0 Å². The average molecular weight is 339 g/mol. The van der Waals surface area contributed by atoms with Crippen molar-refractivity contribution in [2.75, 3.05) is 13.6 Å². The van der Waals surface area contributed by atoms with Gasteiger partial charge in [0.15, 0.2) is 0 Å². The minimum atomic E-state index is -0.919. The minimum Gasteiger partial charge on any atom is -0.481 e. The maximum absolute atomic E-state index is 12.4. The third-order valence-corrected chi connectivity index (χ3v) is 4.66. The van der Waals surface area contributed by atoms with E-state index in [1.165, 1.54) is 12.8 Å². The molecule has 1 atom stereocenters. The van der Waals surface area contributed by atoms with Gasteiger partial charge in [-0.25, -0.2) is 4.79 Å². The monoisotopic (exact) mass is 338 g/mol. The van der Waals surface area contributed by atoms with E-state index in [1.54, 1.807) is 11.9 Å². The van der Waals surface area contributed by atoms with Crippen molar-refractivity contribution >= 4 is 23.6 Å². The van der Waals surface area contributed by atoms with Crippen molar-refractivity contribution in [1.29, 1.82) is 0 Å². The Morgan fingerprint density at radius 1 is 1.30 bits per heavy atom. The van der Waals surface area contributed by atoms with Crippen molar-refractivity contribution in [3.8, 4) is 0 Å². The Labute approximate surface area is 141 Å². The number of aliphatic carboxylic acids is 1. The first kappa shape index (κ1) is 17.6. The molecule has 1 aromatic rings. The summed E-state index contributed by atoms with van der Waals surface area (Å²) in [5.74, 6) is -0.496. The molecule has 0 heterocycles. The van der Waals surface area contributed by atoms with Gasteiger partial charge < -0.3 is 15.3 Å². The molecule has 23 heavy (non-hydrogen) atoms. The van der Waals surface area contributed by atoms with Crippen molar-refractivity contribution < 1.29 is 14.7 Å². The van der Waals surface area contributed by atoms with Crippen molar-refractivity contribution in [1.82, 2.24) is 10.2 Å². The van der Waals surface area contributed by atoms with Crippen LogP contribution in [0.2, 0.25) is 5.02 Å². The lowest BCUT2D eigenvalue weighted by molar-refractivity contribution is -0.136. The lowest BCUT2D eigenvalue weighted by atomic mass is 9.90. The Balaban J connectivity index is 2.10. The van der Waals surface area contributed by atoms with Gasteiger partial charge in [-0.05, 0) is 36.5 Å². The molecule has 0 spiro atoms. The second-order valence-electron chi connectivity index (χ2n) is 6.03. The molecule has 0 saturated heterocycles. The molecule has 1 fully saturated rings. The molecule has 1 saturated carbocycles. The molecular weight excluding hydrogens is 316 g/mol. The topological polar surface area (TPSA) is 69.6 Å². The molecule has 5 nitrogen and oxygen atoms in total. The van der Waals surface area contributed by atoms with E-state index in [1.807, 2.05) is 24.3 Å². The van der Waals surface area contributed by atoms with E-state index in [-0.39, 0.29) is 25.0 Å². The van der Waals surface area contributed by atoms with Crippen LogP contribution in [0.5, 0.6) is 0 Å². The smallest absolute Gasteiger partial charge is 0.317 e. The number of carboxylic acid groups (broad SMARTS) is 1. The number of carbonyl (C=O) groups excluding carboxylic acids is 1. The Bertz CT molecular complexity index is 541. The number of amides is 2. The molecule has 0 bridgehead atoms. The molecule has 0 aliphatic heterocycles. The van der Waals surface area contributed by atoms with E-state index < -0.39 is 5.97 Å². The molecular formula is C17H23ClN2O3. The zero-order valence-corrected chi connectivity index (χ0v) is 14.1. The lowest BCUT2D eigenvalue weighted by Gasteiger charge is -2.33. The maximum atomic E-state index is 12.4. The number of nitrogens with zero attached hydrogens (tertiary/aromatic N) is 1. The summed E-state index contributed by atoms with van der Waals surface area (Å²) in [5, 5.41) is 12.0. The number of halogens is 1. The molecule has 2 amide bonds. The summed E-state index contributed by atoms with van der Waals surface area (Å²) in [5.41, 5.74) is 1.07. The van der Waals surface area contributed by atoms with E-state index in [2.05, 4.69) is 5.32 Å². The van der Waals surface area contributed by atoms with Gasteiger partial charge in [0.05, 0.1) is 12.5 Å². The summed E-state index contributed by atoms with van der Waals surface area (Å²) in [4.78, 5) is 24.6. The normalized spacial score (nSPS) is 16.1. The molecule has 2 N–H and O–H groups in total. The van der Waals surface area contributed by atoms with E-state index in [9.17, 15) is 9.59 Å². The Morgan fingerprint density at radius 2 is 1.91 bits per heavy atom. The summed E-state index contributed by atoms with van der Waals surface area (Å²) in [6.45, 7) is 0.135. The summed E-state index contributed by atoms with van der Waals surface area (Å²) < 4.78 is 0. The first-order valence-electron chi connectivity index (χ1n) is 7.97. The van der Waals surface area contributed by atoms with Crippen molar-refractivity contribution in [3.63, 3.8) is 0 Å². The Hall–Kier alpha value is -1.75. The van der Waals surface area contributed by atoms with Crippen molar-refractivity contribution in [2.24, 2.45) is 5.92 Å². The predicted octanol–water partition coefficient (Wildman–Crippen LogP) is 3.69. The van der Waals surface area contributed by atoms with E-state index in [4.69, 9.17) is 16.7 Å². The van der Waals surface area contributed by atoms with Gasteiger partial charge in [-0.1, -0.05) is 36.6 Å². The first-order chi connectivity index (χ1) is 11.0. The number of rotatable bonds is 6. The van der Waals surface area contributed by atoms with Crippen LogP contribution < -0.4 is 5.32 Å². The van der Waals surface area contributed by atoms with Crippen LogP contribution in [0.4, 0.5) is 4.79 Å². The number of urea groups is 1. The molecule has 6 heteroatoms. The van der Waals surface area contributed by atoms with E-state index in [0.717, 1.165) is 18.4 Å². The van der Waals surface area contributed by atoms with Gasteiger partial charge in [-0.15, -0.1) is 0 Å². The van der Waals surface area contributed by atoms with Crippen LogP contribution in [0.15, 0.2) is 24.3 Å². The van der Waals surface area contributed by atoms with E-state index in [0.29, 0.717) is 10.9 Å². The summed E-state index contributed by atoms with van der Waals surface area (Å²) in [6, 6.07) is 7.36. The van der Waals surface area contributed by atoms with E-state index >= 15 is 0 Å². The number of hydrogen-bond donors (Lipinski definition) is 2. The third kappa shape index (κ3) is 4.86. The van der Waals surface area contributed by atoms with Gasteiger partial charge in [-0.3, -0.25) is 4.79 Å². The highest BCUT2D eigenvalue weighted by Gasteiger charge is 2.31. The second kappa shape index (κ2) is 8.20. The van der Waals surface area contributed by atoms with Crippen molar-refractivity contribution in [3.05, 3.63) is 34.9 Å². The van der Waals surface area contributed by atoms with Crippen LogP contribution in [0.1, 0.15) is 43.7 Å². The molecule has 1 aliphatic rings. The molecule has 0 radical (unpaired) electrons. The van der Waals surface area contributed by atoms with Gasteiger partial charge in [0.1, 0.15) is 0 Å². The predicted molar refractivity (Wildman–Crippen MR) is 89.6 cm³/mol. The standard InChI is InChI=1S/C17H23ClN2O3/c1-20(17(23)19-11-10-15(21)22)16(12-4-2-3-5-12)13-6-8-14(18)9-7-13/h6-9,12,16H,2-5,10-11H2,1H3,(H,19,23)(H,21,22). The molecule has 126 valence electrons. The second-order valence-corrected chi connectivity index (χ2v) is 6.46. The highest BCUT2D eigenvalue weighted by atomic mass is 35.5. The summed E-state index contributed by atoms with van der Waals surface area (Å²) in [7, 11) is 1.77. The quantitative estimate of drug-likeness (QED) is 0.831. The molecule has 2 rings (SSSR count). The molecule has 1 aromatic carbocycles. The zero-order chi connectivity index (χ0) is 16.8. The molecule has 0 aromatic heterocycles. The largest absolute Gasteiger partial charge is 0.481 e. The van der Waals surface area contributed by atoms with Crippen LogP contribution in [-0.4, -0.2) is 35.6 Å². The zero-order valence-electron chi connectivity index (χ0n) is 13.3. The molecule has 1 unspecified atom stereocenters. The Morgan fingerprint density at radius 3 is 2.48 bits per heavy atom. The summed E-state index contributed by atoms with van der Waals surface area (Å²) in [6.07, 6.45) is 4.49. The lowest BCUT2D eigenvalue weighted by Crippen LogP contribution is -2.42. The highest BCUT2D eigenvalue weighted by Crippen LogP contribution is 2.39. The minimum absolute atomic E-state index is 0.0143.